The zero-order valence-electron chi connectivity index (χ0n) is 7.89. The van der Waals surface area contributed by atoms with E-state index < -0.39 is 13.5 Å². The average molecular weight is 274 g/mol. The summed E-state index contributed by atoms with van der Waals surface area (Å²) in [7, 11) is -3.67. The minimum Gasteiger partial charge on any atom is -0.425 e. The first-order valence-electron chi connectivity index (χ1n) is 3.74. The highest BCUT2D eigenvalue weighted by Crippen LogP contribution is 2.23. The summed E-state index contributed by atoms with van der Waals surface area (Å²) in [4.78, 5) is 14.2. The summed E-state index contributed by atoms with van der Waals surface area (Å²) in [5.41, 5.74) is 0. The largest absolute Gasteiger partial charge is 0.762 e. The van der Waals surface area contributed by atoms with E-state index in [4.69, 9.17) is 27.9 Å². The Morgan fingerprint density at radius 2 is 1.94 bits per heavy atom. The molecule has 16 heavy (non-hydrogen) atoms. The van der Waals surface area contributed by atoms with Gasteiger partial charge in [-0.2, -0.15) is 0 Å². The van der Waals surface area contributed by atoms with Crippen molar-refractivity contribution in [3.8, 4) is 5.75 Å². The molecule has 0 atom stereocenters. The van der Waals surface area contributed by atoms with Crippen LogP contribution in [0.15, 0.2) is 12.3 Å². The molecule has 0 N–H and O–H groups in total. The van der Waals surface area contributed by atoms with Crippen LogP contribution in [-0.2, 0) is 4.79 Å². The summed E-state index contributed by atoms with van der Waals surface area (Å²) in [6.07, 6.45) is 1.33. The van der Waals surface area contributed by atoms with Crippen LogP contribution in [0.5, 0.6) is 5.75 Å². The van der Waals surface area contributed by atoms with Crippen LogP contribution < -0.4 is 4.74 Å². The third-order valence-corrected chi connectivity index (χ3v) is 1.72. The van der Waals surface area contributed by atoms with Crippen LogP contribution in [0.1, 0.15) is 6.92 Å². The highest BCUT2D eigenvalue weighted by molar-refractivity contribution is 6.41. The average Bonchev–Trinajstić information content (AvgIpc) is 2.09. The van der Waals surface area contributed by atoms with E-state index in [-0.39, 0.29) is 15.9 Å². The van der Waals surface area contributed by atoms with Crippen molar-refractivity contribution in [2.45, 2.75) is 6.92 Å². The first-order valence-corrected chi connectivity index (χ1v) is 4.50. The van der Waals surface area contributed by atoms with Crippen molar-refractivity contribution in [3.63, 3.8) is 0 Å². The molecule has 0 amide bonds. The van der Waals surface area contributed by atoms with Gasteiger partial charge in [-0.05, 0) is 0 Å². The molecule has 0 saturated carbocycles. The van der Waals surface area contributed by atoms with Gasteiger partial charge in [-0.3, -0.25) is 17.7 Å². The summed E-state index contributed by atoms with van der Waals surface area (Å²) in [6.45, 7) is 1.29. The Kier molecular flexibility index (Phi) is 6.91. The second kappa shape index (κ2) is 7.35. The molecule has 1 aromatic rings. The van der Waals surface area contributed by atoms with Gasteiger partial charge in [-0.25, -0.2) is 4.98 Å². The lowest BCUT2D eigenvalue weighted by atomic mass is 10.4. The van der Waals surface area contributed by atoms with Gasteiger partial charge in [0.25, 0.3) is 0 Å². The molecule has 0 unspecified atom stereocenters. The molecular formula is C7H5BCl2F3NO2. The maximum Gasteiger partial charge on any atom is 0.762 e. The van der Waals surface area contributed by atoms with E-state index >= 15 is 0 Å². The lowest BCUT2D eigenvalue weighted by molar-refractivity contribution is -0.131. The van der Waals surface area contributed by atoms with Crippen molar-refractivity contribution in [2.24, 2.45) is 0 Å². The van der Waals surface area contributed by atoms with Gasteiger partial charge in [0, 0.05) is 13.0 Å². The predicted molar refractivity (Wildman–Crippen MR) is 54.6 cm³/mol. The lowest BCUT2D eigenvalue weighted by Gasteiger charge is -2.00. The zero-order valence-corrected chi connectivity index (χ0v) is 9.40. The Morgan fingerprint density at radius 3 is 2.31 bits per heavy atom. The second-order valence-electron chi connectivity index (χ2n) is 2.28. The van der Waals surface area contributed by atoms with Crippen LogP contribution in [0.2, 0.25) is 10.2 Å². The van der Waals surface area contributed by atoms with Crippen molar-refractivity contribution >= 4 is 36.7 Å². The first-order chi connectivity index (χ1) is 7.32. The van der Waals surface area contributed by atoms with E-state index in [1.54, 1.807) is 0 Å². The molecule has 0 saturated heterocycles. The number of esters is 1. The lowest BCUT2D eigenvalue weighted by Crippen LogP contribution is -2.01. The van der Waals surface area contributed by atoms with Crippen molar-refractivity contribution in [1.82, 2.24) is 4.98 Å². The van der Waals surface area contributed by atoms with Crippen molar-refractivity contribution in [1.29, 1.82) is 0 Å². The molecule has 3 nitrogen and oxygen atoms in total. The van der Waals surface area contributed by atoms with Gasteiger partial charge in [0.15, 0.2) is 5.75 Å². The number of pyridine rings is 1. The molecule has 1 aromatic heterocycles. The SMILES string of the molecule is CC(=O)Oc1cnc(Cl)c(Cl)c1.FB(F)F. The maximum atomic E-state index is 10.5. The Labute approximate surface area is 99.7 Å². The number of aromatic nitrogens is 1. The van der Waals surface area contributed by atoms with E-state index in [9.17, 15) is 17.7 Å². The number of halogens is 5. The minimum atomic E-state index is -3.67. The van der Waals surface area contributed by atoms with E-state index in [1.165, 1.54) is 19.2 Å². The van der Waals surface area contributed by atoms with Crippen LogP contribution in [-0.4, -0.2) is 18.5 Å². The fourth-order valence-corrected chi connectivity index (χ4v) is 0.885. The molecule has 0 spiro atoms. The van der Waals surface area contributed by atoms with Crippen LogP contribution >= 0.6 is 23.2 Å². The van der Waals surface area contributed by atoms with Crippen molar-refractivity contribution in [3.05, 3.63) is 22.4 Å². The molecule has 0 bridgehead atoms. The molecule has 9 heteroatoms. The standard InChI is InChI=1S/C7H5Cl2NO2.BF3/c1-4(11)12-5-2-6(8)7(9)10-3-5;2-1(3)4/h2-3H,1H3;. The Hall–Kier alpha value is -0.945. The molecule has 88 valence electrons. The predicted octanol–water partition coefficient (Wildman–Crippen LogP) is 3.19. The molecule has 1 heterocycles. The molecule has 0 aliphatic heterocycles. The van der Waals surface area contributed by atoms with Gasteiger partial charge in [-0.1, -0.05) is 23.2 Å². The van der Waals surface area contributed by atoms with Crippen LogP contribution in [0.3, 0.4) is 0 Å². The fourth-order valence-electron chi connectivity index (χ4n) is 0.625. The molecule has 0 aliphatic carbocycles. The molecule has 0 aliphatic rings. The van der Waals surface area contributed by atoms with Gasteiger partial charge in [0.2, 0.25) is 0 Å². The third-order valence-electron chi connectivity index (χ3n) is 1.03. The topological polar surface area (TPSA) is 39.2 Å². The van der Waals surface area contributed by atoms with Gasteiger partial charge in [-0.15, -0.1) is 0 Å². The highest BCUT2D eigenvalue weighted by atomic mass is 35.5. The summed E-state index contributed by atoms with van der Waals surface area (Å²) in [5, 5.41) is 0.447. The Balaban J connectivity index is 0.000000487. The fraction of sp³-hybridized carbons (Fsp3) is 0.143. The number of nitrogens with zero attached hydrogens (tertiary/aromatic N) is 1. The number of carbonyl (C=O) groups is 1. The van der Waals surface area contributed by atoms with E-state index in [0.717, 1.165) is 0 Å². The van der Waals surface area contributed by atoms with E-state index in [0.29, 0.717) is 0 Å². The monoisotopic (exact) mass is 273 g/mol. The number of rotatable bonds is 1. The number of carbonyl (C=O) groups excluding carboxylic acids is 1. The quantitative estimate of drug-likeness (QED) is 0.448. The summed E-state index contributed by atoms with van der Waals surface area (Å²) in [5.74, 6) is -0.132. The molecular weight excluding hydrogens is 269 g/mol. The summed E-state index contributed by atoms with van der Waals surface area (Å²) < 4.78 is 33.7. The van der Waals surface area contributed by atoms with Crippen LogP contribution in [0.4, 0.5) is 12.9 Å². The molecule has 0 radical (unpaired) electrons. The maximum absolute atomic E-state index is 10.5. The van der Waals surface area contributed by atoms with E-state index in [2.05, 4.69) is 4.98 Å². The first kappa shape index (κ1) is 15.1. The van der Waals surface area contributed by atoms with Crippen molar-refractivity contribution < 1.29 is 22.5 Å². The number of ether oxygens (including phenoxy) is 1. The molecule has 0 fully saturated rings. The van der Waals surface area contributed by atoms with Crippen molar-refractivity contribution in [2.75, 3.05) is 0 Å². The number of hydrogen-bond acceptors (Lipinski definition) is 3. The minimum absolute atomic E-state index is 0.188. The Bertz CT molecular complexity index is 365. The summed E-state index contributed by atoms with van der Waals surface area (Å²) >= 11 is 11.1. The molecule has 1 rings (SSSR count). The van der Waals surface area contributed by atoms with Gasteiger partial charge in [0.1, 0.15) is 5.15 Å². The van der Waals surface area contributed by atoms with Crippen LogP contribution in [0, 0.1) is 0 Å². The molecule has 0 aromatic carbocycles. The number of hydrogen-bond donors (Lipinski definition) is 0. The highest BCUT2D eigenvalue weighted by Gasteiger charge is 2.06. The summed E-state index contributed by atoms with van der Waals surface area (Å²) in [6, 6.07) is 1.43. The third kappa shape index (κ3) is 7.36. The van der Waals surface area contributed by atoms with Gasteiger partial charge < -0.3 is 4.74 Å². The zero-order chi connectivity index (χ0) is 12.7. The van der Waals surface area contributed by atoms with E-state index in [1.807, 2.05) is 0 Å². The van der Waals surface area contributed by atoms with Gasteiger partial charge >= 0.3 is 13.5 Å². The Morgan fingerprint density at radius 1 is 1.44 bits per heavy atom. The normalized spacial score (nSPS) is 8.88. The smallest absolute Gasteiger partial charge is 0.425 e. The second-order valence-corrected chi connectivity index (χ2v) is 3.05. The van der Waals surface area contributed by atoms with Crippen LogP contribution in [0.25, 0.3) is 0 Å². The van der Waals surface area contributed by atoms with Gasteiger partial charge in [0.05, 0.1) is 11.2 Å².